The van der Waals surface area contributed by atoms with Gasteiger partial charge in [0.2, 0.25) is 5.91 Å². The number of carbonyl (C=O) groups excluding carboxylic acids is 1. The predicted molar refractivity (Wildman–Crippen MR) is 119 cm³/mol. The topological polar surface area (TPSA) is 70.5 Å². The number of halogens is 6. The Balaban J connectivity index is 1.80. The van der Waals surface area contributed by atoms with Crippen molar-refractivity contribution in [2.75, 3.05) is 4.90 Å². The predicted octanol–water partition coefficient (Wildman–Crippen LogP) is 6.76. The van der Waals surface area contributed by atoms with Crippen molar-refractivity contribution in [3.63, 3.8) is 0 Å². The fourth-order valence-corrected chi connectivity index (χ4v) is 6.16. The SMILES string of the molecule is O=C(O)CC1Sc2ccc(C(F)(F)F)cc2N(Cc2nc3c(Cl)c(Cl)cc(Cl)c3s2)C1=O. The molecule has 168 valence electrons. The Morgan fingerprint density at radius 3 is 2.56 bits per heavy atom. The van der Waals surface area contributed by atoms with Crippen LogP contribution in [0.4, 0.5) is 18.9 Å². The third-order valence-electron chi connectivity index (χ3n) is 4.60. The van der Waals surface area contributed by atoms with Crippen molar-refractivity contribution in [1.82, 2.24) is 4.98 Å². The molecule has 1 aliphatic heterocycles. The van der Waals surface area contributed by atoms with Gasteiger partial charge in [0.25, 0.3) is 0 Å². The highest BCUT2D eigenvalue weighted by Crippen LogP contribution is 2.45. The van der Waals surface area contributed by atoms with Gasteiger partial charge >= 0.3 is 12.1 Å². The third kappa shape index (κ3) is 4.38. The van der Waals surface area contributed by atoms with Gasteiger partial charge in [0.1, 0.15) is 10.5 Å². The molecular formula is C19H10Cl3F3N2O3S2. The molecule has 5 nitrogen and oxygen atoms in total. The monoisotopic (exact) mass is 540 g/mol. The Bertz CT molecular complexity index is 1270. The number of thiazole rings is 1. The molecule has 0 saturated carbocycles. The molecular weight excluding hydrogens is 532 g/mol. The molecule has 2 aromatic carbocycles. The van der Waals surface area contributed by atoms with Gasteiger partial charge in [-0.05, 0) is 24.3 Å². The summed E-state index contributed by atoms with van der Waals surface area (Å²) in [6.45, 7) is -0.187. The van der Waals surface area contributed by atoms with Crippen LogP contribution >= 0.6 is 57.9 Å². The molecule has 2 heterocycles. The van der Waals surface area contributed by atoms with E-state index in [1.165, 1.54) is 12.1 Å². The molecule has 0 spiro atoms. The standard InChI is InChI=1S/C19H10Cl3F3N2O3S2/c20-8-4-9(21)17-16(15(8)22)26-13(32-17)6-27-10-3-7(19(23,24)25)1-2-11(10)31-12(18(27)30)5-14(28)29/h1-4,12H,5-6H2,(H,28,29). The van der Waals surface area contributed by atoms with Crippen LogP contribution in [0, 0.1) is 0 Å². The minimum atomic E-state index is -4.61. The van der Waals surface area contributed by atoms with Gasteiger partial charge in [0.05, 0.1) is 49.2 Å². The number of hydrogen-bond donors (Lipinski definition) is 1. The summed E-state index contributed by atoms with van der Waals surface area (Å²) >= 11 is 20.5. The van der Waals surface area contributed by atoms with Crippen molar-refractivity contribution in [3.05, 3.63) is 49.9 Å². The van der Waals surface area contributed by atoms with E-state index in [0.29, 0.717) is 25.1 Å². The molecule has 0 fully saturated rings. The van der Waals surface area contributed by atoms with Gasteiger partial charge in [-0.3, -0.25) is 9.59 Å². The van der Waals surface area contributed by atoms with Gasteiger partial charge < -0.3 is 10.0 Å². The van der Waals surface area contributed by atoms with Crippen molar-refractivity contribution < 1.29 is 27.9 Å². The van der Waals surface area contributed by atoms with Crippen molar-refractivity contribution >= 4 is 85.7 Å². The van der Waals surface area contributed by atoms with Crippen LogP contribution in [0.3, 0.4) is 0 Å². The number of fused-ring (bicyclic) bond motifs is 2. The maximum absolute atomic E-state index is 13.3. The van der Waals surface area contributed by atoms with Crippen LogP contribution in [0.1, 0.15) is 17.0 Å². The Hall–Kier alpha value is -1.72. The first-order valence-corrected chi connectivity index (χ1v) is 11.6. The first-order chi connectivity index (χ1) is 15.0. The lowest BCUT2D eigenvalue weighted by molar-refractivity contribution is -0.138. The van der Waals surface area contributed by atoms with E-state index < -0.39 is 35.3 Å². The zero-order valence-electron chi connectivity index (χ0n) is 15.5. The summed E-state index contributed by atoms with van der Waals surface area (Å²) in [6.07, 6.45) is -5.09. The molecule has 1 aromatic heterocycles. The van der Waals surface area contributed by atoms with E-state index in [-0.39, 0.29) is 22.3 Å². The summed E-state index contributed by atoms with van der Waals surface area (Å²) in [7, 11) is 0. The first-order valence-electron chi connectivity index (χ1n) is 8.79. The summed E-state index contributed by atoms with van der Waals surface area (Å²) in [5.74, 6) is -1.82. The van der Waals surface area contributed by atoms with Crippen molar-refractivity contribution in [2.24, 2.45) is 0 Å². The molecule has 0 aliphatic carbocycles. The molecule has 1 atom stereocenters. The second-order valence-electron chi connectivity index (χ2n) is 6.75. The molecule has 32 heavy (non-hydrogen) atoms. The number of carbonyl (C=O) groups is 2. The van der Waals surface area contributed by atoms with Crippen LogP contribution in [0.25, 0.3) is 10.2 Å². The highest BCUT2D eigenvalue weighted by Gasteiger charge is 2.38. The molecule has 0 saturated heterocycles. The number of hydrogen-bond acceptors (Lipinski definition) is 5. The first kappa shape index (κ1) is 23.4. The number of amides is 1. The van der Waals surface area contributed by atoms with Crippen LogP contribution in [0.5, 0.6) is 0 Å². The maximum atomic E-state index is 13.3. The second-order valence-corrected chi connectivity index (χ2v) is 10.3. The Labute approximate surface area is 202 Å². The molecule has 1 aliphatic rings. The minimum absolute atomic E-state index is 0.0333. The number of carboxylic acids is 1. The second kappa shape index (κ2) is 8.57. The van der Waals surface area contributed by atoms with Gasteiger partial charge in [-0.1, -0.05) is 34.8 Å². The van der Waals surface area contributed by atoms with Gasteiger partial charge in [0.15, 0.2) is 0 Å². The fourth-order valence-electron chi connectivity index (χ4n) is 3.18. The number of nitrogens with zero attached hydrogens (tertiary/aromatic N) is 2. The average molecular weight is 542 g/mol. The minimum Gasteiger partial charge on any atom is -0.481 e. The van der Waals surface area contributed by atoms with E-state index in [4.69, 9.17) is 39.9 Å². The van der Waals surface area contributed by atoms with E-state index >= 15 is 0 Å². The van der Waals surface area contributed by atoms with Gasteiger partial charge in [-0.2, -0.15) is 13.2 Å². The van der Waals surface area contributed by atoms with E-state index in [9.17, 15) is 22.8 Å². The number of benzene rings is 2. The maximum Gasteiger partial charge on any atom is 0.416 e. The summed E-state index contributed by atoms with van der Waals surface area (Å²) in [4.78, 5) is 30.1. The lowest BCUT2D eigenvalue weighted by atomic mass is 10.1. The molecule has 0 radical (unpaired) electrons. The van der Waals surface area contributed by atoms with Gasteiger partial charge in [-0.25, -0.2) is 4.98 Å². The number of carboxylic acid groups (broad SMARTS) is 1. The molecule has 0 bridgehead atoms. The zero-order valence-corrected chi connectivity index (χ0v) is 19.4. The van der Waals surface area contributed by atoms with Gasteiger partial charge in [0, 0.05) is 4.90 Å². The summed E-state index contributed by atoms with van der Waals surface area (Å²) in [5, 5.41) is 9.16. The lowest BCUT2D eigenvalue weighted by Crippen LogP contribution is -2.41. The van der Waals surface area contributed by atoms with Crippen molar-refractivity contribution in [3.8, 4) is 0 Å². The van der Waals surface area contributed by atoms with Crippen LogP contribution < -0.4 is 4.90 Å². The molecule has 1 N–H and O–H groups in total. The summed E-state index contributed by atoms with van der Waals surface area (Å²) in [5.41, 5.74) is -0.575. The van der Waals surface area contributed by atoms with E-state index in [1.54, 1.807) is 0 Å². The third-order valence-corrected chi connectivity index (χ3v) is 8.11. The van der Waals surface area contributed by atoms with Crippen LogP contribution in [0.15, 0.2) is 29.2 Å². The number of rotatable bonds is 4. The summed E-state index contributed by atoms with van der Waals surface area (Å²) in [6, 6.07) is 4.47. The van der Waals surface area contributed by atoms with Crippen LogP contribution in [-0.4, -0.2) is 27.2 Å². The van der Waals surface area contributed by atoms with Crippen LogP contribution in [-0.2, 0) is 22.3 Å². The molecule has 3 aromatic rings. The Morgan fingerprint density at radius 1 is 1.19 bits per heavy atom. The highest BCUT2D eigenvalue weighted by molar-refractivity contribution is 8.01. The normalized spacial score (nSPS) is 16.5. The molecule has 13 heteroatoms. The van der Waals surface area contributed by atoms with Crippen molar-refractivity contribution in [1.29, 1.82) is 0 Å². The summed E-state index contributed by atoms with van der Waals surface area (Å²) < 4.78 is 40.4. The van der Waals surface area contributed by atoms with Crippen molar-refractivity contribution in [2.45, 2.75) is 29.3 Å². The molecule has 1 unspecified atom stereocenters. The molecule has 4 rings (SSSR count). The zero-order chi connectivity index (χ0) is 23.4. The van der Waals surface area contributed by atoms with E-state index in [1.807, 2.05) is 0 Å². The number of anilines is 1. The highest BCUT2D eigenvalue weighted by atomic mass is 35.5. The number of aliphatic carboxylic acids is 1. The van der Waals surface area contributed by atoms with E-state index in [0.717, 1.165) is 40.1 Å². The van der Waals surface area contributed by atoms with E-state index in [2.05, 4.69) is 4.98 Å². The number of alkyl halides is 3. The number of aromatic nitrogens is 1. The molecule has 1 amide bonds. The Kier molecular flexibility index (Phi) is 6.28. The fraction of sp³-hybridized carbons (Fsp3) is 0.211. The lowest BCUT2D eigenvalue weighted by Gasteiger charge is -2.33. The largest absolute Gasteiger partial charge is 0.481 e. The average Bonchev–Trinajstić information content (AvgIpc) is 3.13. The number of thioether (sulfide) groups is 1. The quantitative estimate of drug-likeness (QED) is 0.370. The smallest absolute Gasteiger partial charge is 0.416 e. The van der Waals surface area contributed by atoms with Crippen LogP contribution in [0.2, 0.25) is 15.1 Å². The Morgan fingerprint density at radius 2 is 1.91 bits per heavy atom. The van der Waals surface area contributed by atoms with Gasteiger partial charge in [-0.15, -0.1) is 23.1 Å².